The number of nitrogens with two attached hydrogens (primary N) is 1. The van der Waals surface area contributed by atoms with Crippen LogP contribution >= 0.6 is 0 Å². The minimum absolute atomic E-state index is 0.310. The maximum Gasteiger partial charge on any atom is 0.182 e. The standard InChI is InChI=1S/C11H8F3N3/c12-6-1-9(13)11(14)10(2-6)17-8-3-7(15)4-16-5-8/h1-5,17H,15H2. The van der Waals surface area contributed by atoms with Gasteiger partial charge < -0.3 is 11.1 Å². The molecule has 1 heterocycles. The number of hydrogen-bond acceptors (Lipinski definition) is 3. The van der Waals surface area contributed by atoms with Crippen molar-refractivity contribution in [1.82, 2.24) is 4.98 Å². The topological polar surface area (TPSA) is 50.9 Å². The summed E-state index contributed by atoms with van der Waals surface area (Å²) in [7, 11) is 0. The van der Waals surface area contributed by atoms with Crippen molar-refractivity contribution >= 4 is 17.1 Å². The summed E-state index contributed by atoms with van der Waals surface area (Å²) in [6.07, 6.45) is 2.76. The van der Waals surface area contributed by atoms with Gasteiger partial charge in [-0.3, -0.25) is 4.98 Å². The van der Waals surface area contributed by atoms with Gasteiger partial charge in [-0.2, -0.15) is 0 Å². The van der Waals surface area contributed by atoms with Gasteiger partial charge in [-0.25, -0.2) is 13.2 Å². The third-order valence-corrected chi connectivity index (χ3v) is 2.03. The number of aromatic nitrogens is 1. The predicted molar refractivity (Wildman–Crippen MR) is 58.2 cm³/mol. The molecule has 1 aromatic heterocycles. The minimum atomic E-state index is -1.26. The predicted octanol–water partition coefficient (Wildman–Crippen LogP) is 2.82. The lowest BCUT2D eigenvalue weighted by molar-refractivity contribution is 0.498. The van der Waals surface area contributed by atoms with Crippen LogP contribution in [0.25, 0.3) is 0 Å². The summed E-state index contributed by atoms with van der Waals surface area (Å²) >= 11 is 0. The number of nitrogens with one attached hydrogen (secondary N) is 1. The number of anilines is 3. The first kappa shape index (κ1) is 11.3. The van der Waals surface area contributed by atoms with E-state index in [2.05, 4.69) is 10.3 Å². The van der Waals surface area contributed by atoms with Crippen LogP contribution in [0.1, 0.15) is 0 Å². The molecule has 2 aromatic rings. The van der Waals surface area contributed by atoms with Gasteiger partial charge in [0.15, 0.2) is 11.6 Å². The molecule has 0 spiro atoms. The van der Waals surface area contributed by atoms with Crippen molar-refractivity contribution in [2.75, 3.05) is 11.1 Å². The van der Waals surface area contributed by atoms with Gasteiger partial charge in [0.2, 0.25) is 0 Å². The Bertz CT molecular complexity index is 558. The summed E-state index contributed by atoms with van der Waals surface area (Å²) in [5.74, 6) is -3.29. The van der Waals surface area contributed by atoms with Crippen molar-refractivity contribution in [2.24, 2.45) is 0 Å². The molecule has 17 heavy (non-hydrogen) atoms. The second-order valence-corrected chi connectivity index (χ2v) is 3.38. The first-order valence-electron chi connectivity index (χ1n) is 4.68. The summed E-state index contributed by atoms with van der Waals surface area (Å²) in [5, 5.41) is 2.50. The fraction of sp³-hybridized carbons (Fsp3) is 0. The number of nitrogens with zero attached hydrogens (tertiary/aromatic N) is 1. The van der Waals surface area contributed by atoms with Crippen molar-refractivity contribution in [1.29, 1.82) is 0 Å². The normalized spacial score (nSPS) is 10.3. The van der Waals surface area contributed by atoms with Crippen molar-refractivity contribution in [3.8, 4) is 0 Å². The summed E-state index contributed by atoms with van der Waals surface area (Å²) in [4.78, 5) is 3.76. The van der Waals surface area contributed by atoms with E-state index in [9.17, 15) is 13.2 Å². The van der Waals surface area contributed by atoms with Crippen LogP contribution in [0, 0.1) is 17.5 Å². The first-order chi connectivity index (χ1) is 8.06. The highest BCUT2D eigenvalue weighted by molar-refractivity contribution is 5.62. The number of pyridine rings is 1. The van der Waals surface area contributed by atoms with Crippen molar-refractivity contribution in [2.45, 2.75) is 0 Å². The van der Waals surface area contributed by atoms with Crippen LogP contribution in [0.4, 0.5) is 30.2 Å². The molecule has 3 N–H and O–H groups in total. The molecule has 0 aliphatic rings. The molecule has 3 nitrogen and oxygen atoms in total. The average Bonchev–Trinajstić information content (AvgIpc) is 2.25. The Morgan fingerprint density at radius 3 is 2.53 bits per heavy atom. The Balaban J connectivity index is 2.36. The lowest BCUT2D eigenvalue weighted by Crippen LogP contribution is -1.99. The molecule has 0 saturated heterocycles. The number of hydrogen-bond donors (Lipinski definition) is 2. The van der Waals surface area contributed by atoms with Crippen LogP contribution in [0.5, 0.6) is 0 Å². The first-order valence-corrected chi connectivity index (χ1v) is 4.68. The number of benzene rings is 1. The van der Waals surface area contributed by atoms with Crippen LogP contribution in [-0.4, -0.2) is 4.98 Å². The molecule has 0 unspecified atom stereocenters. The zero-order valence-corrected chi connectivity index (χ0v) is 8.55. The smallest absolute Gasteiger partial charge is 0.182 e. The molecule has 0 atom stereocenters. The molecule has 6 heteroatoms. The molecule has 0 bridgehead atoms. The molecule has 2 rings (SSSR count). The molecule has 0 aliphatic heterocycles. The van der Waals surface area contributed by atoms with Crippen LogP contribution in [0.15, 0.2) is 30.6 Å². The zero-order chi connectivity index (χ0) is 12.4. The highest BCUT2D eigenvalue weighted by atomic mass is 19.2. The quantitative estimate of drug-likeness (QED) is 0.792. The Morgan fingerprint density at radius 2 is 1.82 bits per heavy atom. The molecule has 0 aliphatic carbocycles. The van der Waals surface area contributed by atoms with Crippen LogP contribution in [0.2, 0.25) is 0 Å². The average molecular weight is 239 g/mol. The van der Waals surface area contributed by atoms with E-state index in [1.807, 2.05) is 0 Å². The van der Waals surface area contributed by atoms with Gasteiger partial charge in [0.25, 0.3) is 0 Å². The van der Waals surface area contributed by atoms with E-state index in [1.165, 1.54) is 18.5 Å². The third-order valence-electron chi connectivity index (χ3n) is 2.03. The van der Waals surface area contributed by atoms with Gasteiger partial charge in [-0.05, 0) is 6.07 Å². The van der Waals surface area contributed by atoms with E-state index in [0.29, 0.717) is 17.4 Å². The summed E-state index contributed by atoms with van der Waals surface area (Å²) in [6.45, 7) is 0. The molecule has 1 aromatic carbocycles. The number of nitrogen functional groups attached to an aromatic ring is 1. The molecular weight excluding hydrogens is 231 g/mol. The SMILES string of the molecule is Nc1cncc(Nc2cc(F)cc(F)c2F)c1. The van der Waals surface area contributed by atoms with Gasteiger partial charge in [0.05, 0.1) is 23.3 Å². The highest BCUT2D eigenvalue weighted by Crippen LogP contribution is 2.23. The molecule has 0 saturated carbocycles. The van der Waals surface area contributed by atoms with E-state index in [0.717, 1.165) is 6.07 Å². The van der Waals surface area contributed by atoms with Gasteiger partial charge >= 0.3 is 0 Å². The second-order valence-electron chi connectivity index (χ2n) is 3.38. The molecule has 0 fully saturated rings. The van der Waals surface area contributed by atoms with Gasteiger partial charge in [-0.1, -0.05) is 0 Å². The minimum Gasteiger partial charge on any atom is -0.397 e. The molecule has 0 radical (unpaired) electrons. The lowest BCUT2D eigenvalue weighted by atomic mass is 10.2. The van der Waals surface area contributed by atoms with E-state index in [1.54, 1.807) is 0 Å². The second kappa shape index (κ2) is 4.32. The van der Waals surface area contributed by atoms with Gasteiger partial charge in [-0.15, -0.1) is 0 Å². The van der Waals surface area contributed by atoms with Crippen LogP contribution < -0.4 is 11.1 Å². The number of halogens is 3. The molecule has 88 valence electrons. The van der Waals surface area contributed by atoms with E-state index < -0.39 is 17.5 Å². The third kappa shape index (κ3) is 2.47. The Hall–Kier alpha value is -2.24. The Labute approximate surface area is 95.1 Å². The van der Waals surface area contributed by atoms with Gasteiger partial charge in [0.1, 0.15) is 5.82 Å². The fourth-order valence-electron chi connectivity index (χ4n) is 1.33. The van der Waals surface area contributed by atoms with Crippen molar-refractivity contribution < 1.29 is 13.2 Å². The summed E-state index contributed by atoms with van der Waals surface area (Å²) in [6, 6.07) is 2.79. The summed E-state index contributed by atoms with van der Waals surface area (Å²) in [5.41, 5.74) is 5.85. The van der Waals surface area contributed by atoms with Crippen molar-refractivity contribution in [3.63, 3.8) is 0 Å². The van der Waals surface area contributed by atoms with E-state index >= 15 is 0 Å². The monoisotopic (exact) mass is 239 g/mol. The van der Waals surface area contributed by atoms with E-state index in [-0.39, 0.29) is 5.69 Å². The number of rotatable bonds is 2. The molecular formula is C11H8F3N3. The largest absolute Gasteiger partial charge is 0.397 e. The van der Waals surface area contributed by atoms with Gasteiger partial charge in [0, 0.05) is 18.3 Å². The molecule has 0 amide bonds. The zero-order valence-electron chi connectivity index (χ0n) is 8.55. The maximum absolute atomic E-state index is 13.3. The Morgan fingerprint density at radius 1 is 1.06 bits per heavy atom. The fourth-order valence-corrected chi connectivity index (χ4v) is 1.33. The lowest BCUT2D eigenvalue weighted by Gasteiger charge is -2.08. The summed E-state index contributed by atoms with van der Waals surface area (Å²) < 4.78 is 39.1. The van der Waals surface area contributed by atoms with Crippen molar-refractivity contribution in [3.05, 3.63) is 48.0 Å². The maximum atomic E-state index is 13.3. The Kier molecular flexibility index (Phi) is 2.86. The van der Waals surface area contributed by atoms with Crippen LogP contribution in [-0.2, 0) is 0 Å². The van der Waals surface area contributed by atoms with E-state index in [4.69, 9.17) is 5.73 Å². The highest BCUT2D eigenvalue weighted by Gasteiger charge is 2.11. The van der Waals surface area contributed by atoms with Crippen LogP contribution in [0.3, 0.4) is 0 Å².